The minimum Gasteiger partial charge on any atom is -0.463 e. The summed E-state index contributed by atoms with van der Waals surface area (Å²) >= 11 is 1.29. The van der Waals surface area contributed by atoms with Crippen LogP contribution in [0.5, 0.6) is 11.5 Å². The van der Waals surface area contributed by atoms with Gasteiger partial charge in [-0.05, 0) is 55.3 Å². The van der Waals surface area contributed by atoms with E-state index in [1.54, 1.807) is 18.4 Å². The van der Waals surface area contributed by atoms with Gasteiger partial charge in [0.05, 0.1) is 28.5 Å². The zero-order chi connectivity index (χ0) is 26.5. The van der Waals surface area contributed by atoms with E-state index in [1.165, 1.54) is 11.3 Å². The lowest BCUT2D eigenvalue weighted by Crippen LogP contribution is -2.38. The van der Waals surface area contributed by atoms with E-state index < -0.39 is 12.0 Å². The van der Waals surface area contributed by atoms with Gasteiger partial charge in [-0.15, -0.1) is 0 Å². The summed E-state index contributed by atoms with van der Waals surface area (Å²) in [5.74, 6) is 0.925. The molecule has 1 aromatic heterocycles. The molecule has 1 aliphatic heterocycles. The lowest BCUT2D eigenvalue weighted by atomic mass is 10.0. The number of fused-ring (bicyclic) bond motifs is 1. The first-order valence-electron chi connectivity index (χ1n) is 12.3. The summed E-state index contributed by atoms with van der Waals surface area (Å²) in [6.45, 7) is 3.76. The van der Waals surface area contributed by atoms with E-state index in [0.29, 0.717) is 26.4 Å². The zero-order valence-electron chi connectivity index (χ0n) is 21.0. The molecule has 0 fully saturated rings. The van der Waals surface area contributed by atoms with Crippen molar-refractivity contribution in [1.29, 1.82) is 0 Å². The summed E-state index contributed by atoms with van der Waals surface area (Å²) in [6, 6.07) is 26.2. The first-order chi connectivity index (χ1) is 18.5. The highest BCUT2D eigenvalue weighted by Crippen LogP contribution is 2.27. The second-order valence-corrected chi connectivity index (χ2v) is 9.61. The van der Waals surface area contributed by atoms with Crippen LogP contribution in [0.15, 0.2) is 112 Å². The quantitative estimate of drug-likeness (QED) is 0.311. The molecule has 4 aromatic rings. The molecule has 6 nitrogen and oxygen atoms in total. The van der Waals surface area contributed by atoms with Crippen molar-refractivity contribution in [3.63, 3.8) is 0 Å². The Morgan fingerprint density at radius 3 is 2.39 bits per heavy atom. The minimum atomic E-state index is -0.639. The molecular formula is C31H26N2O4S. The number of carbonyl (C=O) groups excluding carboxylic acids is 1. The third-order valence-corrected chi connectivity index (χ3v) is 6.95. The molecule has 2 heterocycles. The number of ether oxygens (including phenoxy) is 2. The molecule has 5 rings (SSSR count). The van der Waals surface area contributed by atoms with Crippen LogP contribution in [-0.2, 0) is 9.53 Å². The van der Waals surface area contributed by atoms with Crippen LogP contribution >= 0.6 is 11.3 Å². The van der Waals surface area contributed by atoms with Crippen molar-refractivity contribution in [3.8, 4) is 11.5 Å². The van der Waals surface area contributed by atoms with Crippen molar-refractivity contribution >= 4 is 29.5 Å². The first kappa shape index (κ1) is 25.2. The Balaban J connectivity index is 1.57. The lowest BCUT2D eigenvalue weighted by Gasteiger charge is -2.21. The van der Waals surface area contributed by atoms with Crippen LogP contribution in [0.2, 0.25) is 0 Å². The topological polar surface area (TPSA) is 69.9 Å². The Labute approximate surface area is 224 Å². The fourth-order valence-electron chi connectivity index (χ4n) is 4.23. The van der Waals surface area contributed by atoms with Gasteiger partial charge in [0.1, 0.15) is 11.5 Å². The Hall–Kier alpha value is -4.49. The molecule has 1 aliphatic rings. The van der Waals surface area contributed by atoms with Crippen molar-refractivity contribution in [2.45, 2.75) is 19.9 Å². The van der Waals surface area contributed by atoms with Crippen LogP contribution in [-0.4, -0.2) is 17.1 Å². The highest BCUT2D eigenvalue weighted by atomic mass is 32.1. The van der Waals surface area contributed by atoms with Crippen LogP contribution in [0.4, 0.5) is 0 Å². The summed E-state index contributed by atoms with van der Waals surface area (Å²) in [6.07, 6.45) is 5.59. The molecule has 1 atom stereocenters. The largest absolute Gasteiger partial charge is 0.463 e. The highest BCUT2D eigenvalue weighted by molar-refractivity contribution is 7.07. The molecule has 0 spiro atoms. The number of rotatable bonds is 7. The van der Waals surface area contributed by atoms with Gasteiger partial charge in [0.25, 0.3) is 5.56 Å². The number of hydrogen-bond acceptors (Lipinski definition) is 6. The number of thiazole rings is 1. The number of benzene rings is 3. The summed E-state index contributed by atoms with van der Waals surface area (Å²) in [5.41, 5.74) is 2.46. The number of para-hydroxylation sites is 1. The van der Waals surface area contributed by atoms with E-state index in [0.717, 1.165) is 16.9 Å². The number of aromatic nitrogens is 1. The molecule has 190 valence electrons. The van der Waals surface area contributed by atoms with E-state index in [2.05, 4.69) is 4.99 Å². The average Bonchev–Trinajstić information content (AvgIpc) is 3.22. The molecule has 0 aliphatic carbocycles. The zero-order valence-corrected chi connectivity index (χ0v) is 21.9. The maximum absolute atomic E-state index is 13.7. The van der Waals surface area contributed by atoms with Crippen molar-refractivity contribution in [2.75, 3.05) is 6.61 Å². The first-order valence-corrected chi connectivity index (χ1v) is 13.1. The molecule has 0 N–H and O–H groups in total. The molecule has 0 saturated carbocycles. The molecule has 0 bridgehead atoms. The second-order valence-electron chi connectivity index (χ2n) is 8.60. The van der Waals surface area contributed by atoms with Crippen molar-refractivity contribution in [2.24, 2.45) is 4.99 Å². The standard InChI is InChI=1S/C31H26N2O4S/c1-3-36-30(35)28-21(2)32-31-33(26(28)18-17-22-11-6-4-7-12-22)29(34)27(38-31)20-23-13-10-16-25(19-23)37-24-14-8-5-9-15-24/h4-20,26H,3H2,1-2H3/b18-17+,27-20+/t26-/m0/s1. The van der Waals surface area contributed by atoms with Gasteiger partial charge in [-0.3, -0.25) is 9.36 Å². The Morgan fingerprint density at radius 1 is 0.974 bits per heavy atom. The van der Waals surface area contributed by atoms with Crippen LogP contribution in [0.3, 0.4) is 0 Å². The molecular weight excluding hydrogens is 496 g/mol. The molecule has 0 radical (unpaired) electrons. The van der Waals surface area contributed by atoms with Crippen LogP contribution in [0.1, 0.15) is 31.0 Å². The van der Waals surface area contributed by atoms with Gasteiger partial charge in [0, 0.05) is 0 Å². The van der Waals surface area contributed by atoms with Gasteiger partial charge in [-0.1, -0.05) is 84.2 Å². The third kappa shape index (κ3) is 5.43. The third-order valence-electron chi connectivity index (χ3n) is 5.96. The van der Waals surface area contributed by atoms with Crippen molar-refractivity contribution in [3.05, 3.63) is 133 Å². The maximum atomic E-state index is 13.7. The summed E-state index contributed by atoms with van der Waals surface area (Å²) in [5, 5.41) is 0. The normalized spacial score (nSPS) is 15.3. The second kappa shape index (κ2) is 11.3. The van der Waals surface area contributed by atoms with Crippen LogP contribution in [0.25, 0.3) is 12.2 Å². The predicted molar refractivity (Wildman–Crippen MR) is 150 cm³/mol. The Morgan fingerprint density at radius 2 is 1.66 bits per heavy atom. The Kier molecular flexibility index (Phi) is 7.47. The van der Waals surface area contributed by atoms with Gasteiger partial charge in [0.2, 0.25) is 0 Å². The van der Waals surface area contributed by atoms with Gasteiger partial charge < -0.3 is 9.47 Å². The maximum Gasteiger partial charge on any atom is 0.338 e. The van der Waals surface area contributed by atoms with Crippen molar-refractivity contribution in [1.82, 2.24) is 4.57 Å². The molecule has 38 heavy (non-hydrogen) atoms. The van der Waals surface area contributed by atoms with Crippen LogP contribution in [0, 0.1) is 0 Å². The monoisotopic (exact) mass is 522 g/mol. The predicted octanol–water partition coefficient (Wildman–Crippen LogP) is 5.26. The number of esters is 1. The van der Waals surface area contributed by atoms with E-state index in [4.69, 9.17) is 9.47 Å². The molecule has 3 aromatic carbocycles. The number of hydrogen-bond donors (Lipinski definition) is 0. The number of allylic oxidation sites excluding steroid dienone is 2. The van der Waals surface area contributed by atoms with E-state index in [1.807, 2.05) is 103 Å². The van der Waals surface area contributed by atoms with Gasteiger partial charge in [0.15, 0.2) is 4.80 Å². The molecule has 0 saturated heterocycles. The fourth-order valence-corrected chi connectivity index (χ4v) is 5.28. The minimum absolute atomic E-state index is 0.222. The van der Waals surface area contributed by atoms with Gasteiger partial charge in [-0.25, -0.2) is 9.79 Å². The smallest absolute Gasteiger partial charge is 0.338 e. The van der Waals surface area contributed by atoms with Crippen LogP contribution < -0.4 is 19.6 Å². The SMILES string of the molecule is CCOC(=O)C1=C(C)N=c2s/c(=C/c3cccc(Oc4ccccc4)c3)c(=O)n2[C@H]1/C=C/c1ccccc1. The number of carbonyl (C=O) groups is 1. The van der Waals surface area contributed by atoms with Gasteiger partial charge >= 0.3 is 5.97 Å². The fraction of sp³-hybridized carbons (Fsp3) is 0.129. The Bertz CT molecular complexity index is 1700. The van der Waals surface area contributed by atoms with E-state index >= 15 is 0 Å². The van der Waals surface area contributed by atoms with E-state index in [-0.39, 0.29) is 12.2 Å². The lowest BCUT2D eigenvalue weighted by molar-refractivity contribution is -0.139. The van der Waals surface area contributed by atoms with Crippen molar-refractivity contribution < 1.29 is 14.3 Å². The van der Waals surface area contributed by atoms with Gasteiger partial charge in [-0.2, -0.15) is 0 Å². The average molecular weight is 523 g/mol. The highest BCUT2D eigenvalue weighted by Gasteiger charge is 2.30. The van der Waals surface area contributed by atoms with E-state index in [9.17, 15) is 9.59 Å². The molecule has 0 amide bonds. The summed E-state index contributed by atoms with van der Waals surface area (Å²) in [7, 11) is 0. The number of nitrogens with zero attached hydrogens (tertiary/aromatic N) is 2. The molecule has 0 unspecified atom stereocenters. The molecule has 7 heteroatoms. The summed E-state index contributed by atoms with van der Waals surface area (Å²) < 4.78 is 13.4. The summed E-state index contributed by atoms with van der Waals surface area (Å²) in [4.78, 5) is 31.8.